The van der Waals surface area contributed by atoms with E-state index in [1.54, 1.807) is 0 Å². The third kappa shape index (κ3) is 4.07. The van der Waals surface area contributed by atoms with Crippen molar-refractivity contribution in [1.82, 2.24) is 5.32 Å². The van der Waals surface area contributed by atoms with Crippen LogP contribution in [0.1, 0.15) is 62.4 Å². The zero-order valence-corrected chi connectivity index (χ0v) is 14.3. The molecule has 0 aliphatic rings. The van der Waals surface area contributed by atoms with Gasteiger partial charge in [-0.2, -0.15) is 0 Å². The molecule has 0 bridgehead atoms. The van der Waals surface area contributed by atoms with Crippen molar-refractivity contribution in [2.24, 2.45) is 0 Å². The Labute approximate surface area is 124 Å². The largest absolute Gasteiger partial charge is 0.374 e. The van der Waals surface area contributed by atoms with Crippen LogP contribution in [0, 0.1) is 20.8 Å². The Balaban J connectivity index is 3.20. The minimum atomic E-state index is -0.212. The van der Waals surface area contributed by atoms with E-state index in [2.05, 4.69) is 65.9 Å². The first kappa shape index (κ1) is 17.2. The monoisotopic (exact) mass is 277 g/mol. The lowest BCUT2D eigenvalue weighted by Gasteiger charge is -2.36. The van der Waals surface area contributed by atoms with E-state index in [-0.39, 0.29) is 11.6 Å². The van der Waals surface area contributed by atoms with Crippen LogP contribution in [0.5, 0.6) is 0 Å². The van der Waals surface area contributed by atoms with E-state index in [0.717, 1.165) is 19.6 Å². The van der Waals surface area contributed by atoms with E-state index in [1.165, 1.54) is 22.3 Å². The molecule has 0 aliphatic heterocycles. The van der Waals surface area contributed by atoms with Gasteiger partial charge in [0, 0.05) is 6.61 Å². The summed E-state index contributed by atoms with van der Waals surface area (Å²) in [5.41, 5.74) is 5.20. The van der Waals surface area contributed by atoms with Gasteiger partial charge in [-0.05, 0) is 76.8 Å². The van der Waals surface area contributed by atoms with Crippen molar-refractivity contribution in [3.05, 3.63) is 34.4 Å². The van der Waals surface area contributed by atoms with E-state index < -0.39 is 0 Å². The lowest BCUT2D eigenvalue weighted by atomic mass is 9.86. The Kier molecular flexibility index (Phi) is 6.22. The molecule has 0 aromatic heterocycles. The number of hydrogen-bond acceptors (Lipinski definition) is 2. The van der Waals surface area contributed by atoms with Crippen LogP contribution in [-0.2, 0) is 4.74 Å². The number of aryl methyl sites for hydroxylation is 3. The van der Waals surface area contributed by atoms with Crippen molar-refractivity contribution in [1.29, 1.82) is 0 Å². The molecule has 1 rings (SSSR count). The van der Waals surface area contributed by atoms with E-state index in [0.29, 0.717) is 0 Å². The Morgan fingerprint density at radius 3 is 2.20 bits per heavy atom. The summed E-state index contributed by atoms with van der Waals surface area (Å²) in [6.07, 6.45) is 1.13. The normalized spacial score (nSPS) is 13.6. The standard InChI is InChI=1S/C18H31NO/c1-8-10-19-17(18(6,7)20-9-2)16-12-14(4)13(3)11-15(16)5/h11-12,17,19H,8-10H2,1-7H3. The van der Waals surface area contributed by atoms with Gasteiger partial charge in [-0.3, -0.25) is 0 Å². The molecule has 0 fully saturated rings. The Morgan fingerprint density at radius 2 is 1.65 bits per heavy atom. The van der Waals surface area contributed by atoms with Crippen LogP contribution < -0.4 is 5.32 Å². The highest BCUT2D eigenvalue weighted by Gasteiger charge is 2.32. The van der Waals surface area contributed by atoms with Crippen LogP contribution >= 0.6 is 0 Å². The van der Waals surface area contributed by atoms with Gasteiger partial charge in [-0.1, -0.05) is 19.1 Å². The summed E-state index contributed by atoms with van der Waals surface area (Å²) >= 11 is 0. The molecule has 0 spiro atoms. The highest BCUT2D eigenvalue weighted by atomic mass is 16.5. The van der Waals surface area contributed by atoms with Crippen molar-refractivity contribution >= 4 is 0 Å². The fraction of sp³-hybridized carbons (Fsp3) is 0.667. The van der Waals surface area contributed by atoms with Gasteiger partial charge in [0.05, 0.1) is 11.6 Å². The molecular formula is C18H31NO. The topological polar surface area (TPSA) is 21.3 Å². The van der Waals surface area contributed by atoms with Crippen molar-refractivity contribution in [2.45, 2.75) is 66.5 Å². The molecule has 0 radical (unpaired) electrons. The summed E-state index contributed by atoms with van der Waals surface area (Å²) in [5.74, 6) is 0. The average Bonchev–Trinajstić information content (AvgIpc) is 2.35. The number of rotatable bonds is 7. The highest BCUT2D eigenvalue weighted by Crippen LogP contribution is 2.32. The van der Waals surface area contributed by atoms with E-state index in [4.69, 9.17) is 4.74 Å². The SMILES string of the molecule is CCCNC(c1cc(C)c(C)cc1C)C(C)(C)OCC. The van der Waals surface area contributed by atoms with Gasteiger partial charge in [0.25, 0.3) is 0 Å². The number of benzene rings is 1. The van der Waals surface area contributed by atoms with Crippen molar-refractivity contribution < 1.29 is 4.74 Å². The van der Waals surface area contributed by atoms with Crippen LogP contribution in [0.3, 0.4) is 0 Å². The quantitative estimate of drug-likeness (QED) is 0.794. The fourth-order valence-corrected chi connectivity index (χ4v) is 2.77. The molecule has 1 aromatic rings. The zero-order chi connectivity index (χ0) is 15.3. The summed E-state index contributed by atoms with van der Waals surface area (Å²) in [6, 6.07) is 4.83. The second-order valence-electron chi connectivity index (χ2n) is 6.22. The maximum atomic E-state index is 6.01. The predicted molar refractivity (Wildman–Crippen MR) is 87.4 cm³/mol. The molecule has 1 aromatic carbocycles. The molecule has 0 amide bonds. The third-order valence-corrected chi connectivity index (χ3v) is 4.00. The molecule has 20 heavy (non-hydrogen) atoms. The molecule has 0 aliphatic carbocycles. The maximum Gasteiger partial charge on any atom is 0.0820 e. The van der Waals surface area contributed by atoms with Crippen molar-refractivity contribution in [3.63, 3.8) is 0 Å². The molecule has 2 heteroatoms. The van der Waals surface area contributed by atoms with Gasteiger partial charge < -0.3 is 10.1 Å². The summed E-state index contributed by atoms with van der Waals surface area (Å²) < 4.78 is 6.01. The van der Waals surface area contributed by atoms with Gasteiger partial charge in [-0.15, -0.1) is 0 Å². The molecule has 0 saturated carbocycles. The number of hydrogen-bond donors (Lipinski definition) is 1. The Hall–Kier alpha value is -0.860. The van der Waals surface area contributed by atoms with Gasteiger partial charge in [0.1, 0.15) is 0 Å². The second-order valence-corrected chi connectivity index (χ2v) is 6.22. The second kappa shape index (κ2) is 7.24. The van der Waals surface area contributed by atoms with Crippen LogP contribution in [0.2, 0.25) is 0 Å². The summed E-state index contributed by atoms with van der Waals surface area (Å²) in [7, 11) is 0. The van der Waals surface area contributed by atoms with Crippen LogP contribution in [0.25, 0.3) is 0 Å². The molecule has 2 nitrogen and oxygen atoms in total. The van der Waals surface area contributed by atoms with Crippen molar-refractivity contribution in [2.75, 3.05) is 13.2 Å². The molecular weight excluding hydrogens is 246 g/mol. The number of ether oxygens (including phenoxy) is 1. The molecule has 1 atom stereocenters. The van der Waals surface area contributed by atoms with Gasteiger partial charge in [-0.25, -0.2) is 0 Å². The minimum Gasteiger partial charge on any atom is -0.374 e. The van der Waals surface area contributed by atoms with E-state index in [1.807, 2.05) is 0 Å². The first-order chi connectivity index (χ1) is 9.33. The maximum absolute atomic E-state index is 6.01. The van der Waals surface area contributed by atoms with E-state index >= 15 is 0 Å². The molecule has 0 saturated heterocycles. The third-order valence-electron chi connectivity index (χ3n) is 4.00. The summed E-state index contributed by atoms with van der Waals surface area (Å²) in [6.45, 7) is 16.9. The van der Waals surface area contributed by atoms with Gasteiger partial charge in [0.2, 0.25) is 0 Å². The minimum absolute atomic E-state index is 0.212. The smallest absolute Gasteiger partial charge is 0.0820 e. The Bertz CT molecular complexity index is 437. The van der Waals surface area contributed by atoms with Crippen LogP contribution in [0.4, 0.5) is 0 Å². The zero-order valence-electron chi connectivity index (χ0n) is 14.3. The summed E-state index contributed by atoms with van der Waals surface area (Å²) in [4.78, 5) is 0. The predicted octanol–water partition coefficient (Wildman–Crippen LogP) is 4.47. The lowest BCUT2D eigenvalue weighted by Crippen LogP contribution is -2.42. The first-order valence-corrected chi connectivity index (χ1v) is 7.78. The highest BCUT2D eigenvalue weighted by molar-refractivity contribution is 5.39. The van der Waals surface area contributed by atoms with E-state index in [9.17, 15) is 0 Å². The number of nitrogens with one attached hydrogen (secondary N) is 1. The fourth-order valence-electron chi connectivity index (χ4n) is 2.77. The van der Waals surface area contributed by atoms with Gasteiger partial charge >= 0.3 is 0 Å². The van der Waals surface area contributed by atoms with Gasteiger partial charge in [0.15, 0.2) is 0 Å². The average molecular weight is 277 g/mol. The molecule has 1 N–H and O–H groups in total. The van der Waals surface area contributed by atoms with Crippen molar-refractivity contribution in [3.8, 4) is 0 Å². The molecule has 114 valence electrons. The lowest BCUT2D eigenvalue weighted by molar-refractivity contribution is -0.0393. The Morgan fingerprint density at radius 1 is 1.05 bits per heavy atom. The first-order valence-electron chi connectivity index (χ1n) is 7.78. The molecule has 1 unspecified atom stereocenters. The van der Waals surface area contributed by atoms with Crippen LogP contribution in [0.15, 0.2) is 12.1 Å². The summed E-state index contributed by atoms with van der Waals surface area (Å²) in [5, 5.41) is 3.67. The molecule has 0 heterocycles. The van der Waals surface area contributed by atoms with Crippen LogP contribution in [-0.4, -0.2) is 18.8 Å².